The van der Waals surface area contributed by atoms with Gasteiger partial charge in [0.05, 0.1) is 13.2 Å². The first-order chi connectivity index (χ1) is 14.7. The van der Waals surface area contributed by atoms with Crippen LogP contribution in [0.3, 0.4) is 0 Å². The number of hydrogen-bond donors (Lipinski definition) is 0. The van der Waals surface area contributed by atoms with Gasteiger partial charge in [-0.2, -0.15) is 0 Å². The second-order valence-corrected chi connectivity index (χ2v) is 10.6. The van der Waals surface area contributed by atoms with E-state index in [0.717, 1.165) is 13.2 Å². The van der Waals surface area contributed by atoms with Crippen LogP contribution in [0.15, 0.2) is 22.9 Å². The fourth-order valence-corrected chi connectivity index (χ4v) is 6.38. The maximum absolute atomic E-state index is 6.61. The topological polar surface area (TPSA) is 18.5 Å². The quantitative estimate of drug-likeness (QED) is 0.287. The Morgan fingerprint density at radius 1 is 0.733 bits per heavy atom. The lowest BCUT2D eigenvalue weighted by Gasteiger charge is -2.31. The average Bonchev–Trinajstić information content (AvgIpc) is 3.44. The zero-order chi connectivity index (χ0) is 21.3. The highest BCUT2D eigenvalue weighted by molar-refractivity contribution is 7.11. The molecule has 0 aromatic carbocycles. The molecule has 2 nitrogen and oxygen atoms in total. The molecule has 1 aliphatic carbocycles. The number of hydrogen-bond acceptors (Lipinski definition) is 4. The summed E-state index contributed by atoms with van der Waals surface area (Å²) in [5.41, 5.74) is 2.68. The molecule has 0 radical (unpaired) electrons. The smallest absolute Gasteiger partial charge is 0.118 e. The molecule has 0 N–H and O–H groups in total. The predicted octanol–water partition coefficient (Wildman–Crippen LogP) is 8.77. The van der Waals surface area contributed by atoms with E-state index in [2.05, 4.69) is 50.6 Å². The summed E-state index contributed by atoms with van der Waals surface area (Å²) in [5, 5.41) is 4.44. The summed E-state index contributed by atoms with van der Waals surface area (Å²) in [6.45, 7) is 10.8. The van der Waals surface area contributed by atoms with E-state index in [1.165, 1.54) is 72.2 Å². The van der Waals surface area contributed by atoms with Gasteiger partial charge in [-0.3, -0.25) is 0 Å². The van der Waals surface area contributed by atoms with Gasteiger partial charge in [0, 0.05) is 20.9 Å². The molecule has 2 heterocycles. The minimum atomic E-state index is 0.0823. The van der Waals surface area contributed by atoms with Crippen LogP contribution >= 0.6 is 22.7 Å². The Balaban J connectivity index is 1.72. The van der Waals surface area contributed by atoms with Gasteiger partial charge in [0.1, 0.15) is 12.2 Å². The largest absolute Gasteiger partial charge is 0.368 e. The molecule has 0 fully saturated rings. The van der Waals surface area contributed by atoms with Crippen LogP contribution in [-0.2, 0) is 9.47 Å². The van der Waals surface area contributed by atoms with Crippen LogP contribution in [0.4, 0.5) is 0 Å². The first-order valence-electron chi connectivity index (χ1n) is 12.1. The Bertz CT molecular complexity index is 636. The monoisotopic (exact) mass is 448 g/mol. The Morgan fingerprint density at radius 3 is 1.53 bits per heavy atom. The van der Waals surface area contributed by atoms with E-state index in [1.54, 1.807) is 0 Å². The summed E-state index contributed by atoms with van der Waals surface area (Å²) in [6, 6.07) is 4.54. The minimum Gasteiger partial charge on any atom is -0.368 e. The predicted molar refractivity (Wildman–Crippen MR) is 131 cm³/mol. The summed E-state index contributed by atoms with van der Waals surface area (Å²) in [7, 11) is 0. The van der Waals surface area contributed by atoms with Crippen molar-refractivity contribution in [2.24, 2.45) is 11.8 Å². The standard InChI is InChI=1S/C26H40O2S2/c1-5-9-11-19(7-3)17-27-23-21-13-15-30-26(21)24(22-14-16-29-25(22)23)28-18-20(8-4)12-10-6-2/h13-16,19-20,23-24H,5-12,17-18H2,1-4H3. The van der Waals surface area contributed by atoms with Gasteiger partial charge in [-0.05, 0) is 47.6 Å². The third-order valence-electron chi connectivity index (χ3n) is 6.58. The average molecular weight is 449 g/mol. The van der Waals surface area contributed by atoms with E-state index in [-0.39, 0.29) is 12.2 Å². The lowest BCUT2D eigenvalue weighted by atomic mass is 9.92. The van der Waals surface area contributed by atoms with Gasteiger partial charge in [0.2, 0.25) is 0 Å². The third-order valence-corrected chi connectivity index (χ3v) is 8.53. The fraction of sp³-hybridized carbons (Fsp3) is 0.692. The van der Waals surface area contributed by atoms with Gasteiger partial charge in [-0.1, -0.05) is 66.2 Å². The van der Waals surface area contributed by atoms with E-state index in [4.69, 9.17) is 9.47 Å². The molecule has 4 unspecified atom stereocenters. The zero-order valence-electron chi connectivity index (χ0n) is 19.3. The Morgan fingerprint density at radius 2 is 1.17 bits per heavy atom. The van der Waals surface area contributed by atoms with Gasteiger partial charge in [0.15, 0.2) is 0 Å². The van der Waals surface area contributed by atoms with Crippen molar-refractivity contribution in [2.75, 3.05) is 13.2 Å². The molecule has 4 heteroatoms. The molecule has 0 bridgehead atoms. The lowest BCUT2D eigenvalue weighted by Crippen LogP contribution is -2.22. The minimum absolute atomic E-state index is 0.0823. The molecular weight excluding hydrogens is 408 g/mol. The van der Waals surface area contributed by atoms with Crippen LogP contribution in [0.1, 0.15) is 112 Å². The Kier molecular flexibility index (Phi) is 9.89. The molecule has 2 aromatic rings. The molecule has 0 aliphatic heterocycles. The summed E-state index contributed by atoms with van der Waals surface area (Å²) in [5.74, 6) is 1.32. The maximum atomic E-state index is 6.61. The molecule has 0 saturated heterocycles. The van der Waals surface area contributed by atoms with Crippen molar-refractivity contribution in [1.82, 2.24) is 0 Å². The summed E-state index contributed by atoms with van der Waals surface area (Å²) >= 11 is 3.67. The van der Waals surface area contributed by atoms with Gasteiger partial charge in [-0.15, -0.1) is 22.7 Å². The lowest BCUT2D eigenvalue weighted by molar-refractivity contribution is 0.0249. The highest BCUT2D eigenvalue weighted by Gasteiger charge is 2.36. The molecule has 3 rings (SSSR count). The van der Waals surface area contributed by atoms with Crippen LogP contribution in [0.5, 0.6) is 0 Å². The summed E-state index contributed by atoms with van der Waals surface area (Å²) < 4.78 is 13.2. The van der Waals surface area contributed by atoms with Crippen molar-refractivity contribution in [3.05, 3.63) is 43.8 Å². The molecule has 168 valence electrons. The van der Waals surface area contributed by atoms with Crippen LogP contribution in [0.25, 0.3) is 0 Å². The number of ether oxygens (including phenoxy) is 2. The molecule has 0 amide bonds. The normalized spacial score (nSPS) is 20.0. The van der Waals surface area contributed by atoms with Crippen LogP contribution in [0.2, 0.25) is 0 Å². The van der Waals surface area contributed by atoms with Crippen molar-refractivity contribution in [3.8, 4) is 0 Å². The number of unbranched alkanes of at least 4 members (excludes halogenated alkanes) is 2. The van der Waals surface area contributed by atoms with Crippen molar-refractivity contribution in [3.63, 3.8) is 0 Å². The zero-order valence-corrected chi connectivity index (χ0v) is 21.0. The number of rotatable bonds is 14. The van der Waals surface area contributed by atoms with Crippen LogP contribution in [0, 0.1) is 11.8 Å². The molecule has 2 aromatic heterocycles. The van der Waals surface area contributed by atoms with Crippen molar-refractivity contribution < 1.29 is 9.47 Å². The first kappa shape index (κ1) is 24.0. The van der Waals surface area contributed by atoms with E-state index in [1.807, 2.05) is 22.7 Å². The van der Waals surface area contributed by atoms with Crippen molar-refractivity contribution in [2.45, 2.75) is 91.3 Å². The first-order valence-corrected chi connectivity index (χ1v) is 13.9. The van der Waals surface area contributed by atoms with E-state index in [0.29, 0.717) is 11.8 Å². The Hall–Kier alpha value is -0.680. The van der Waals surface area contributed by atoms with Crippen LogP contribution < -0.4 is 0 Å². The highest BCUT2D eigenvalue weighted by atomic mass is 32.1. The van der Waals surface area contributed by atoms with E-state index < -0.39 is 0 Å². The van der Waals surface area contributed by atoms with Gasteiger partial charge < -0.3 is 9.47 Å². The summed E-state index contributed by atoms with van der Waals surface area (Å²) in [4.78, 5) is 2.72. The van der Waals surface area contributed by atoms with Gasteiger partial charge in [-0.25, -0.2) is 0 Å². The third kappa shape index (κ3) is 5.76. The molecular formula is C26H40O2S2. The van der Waals surface area contributed by atoms with Gasteiger partial charge in [0.25, 0.3) is 0 Å². The Labute approximate surface area is 192 Å². The molecule has 1 aliphatic rings. The second kappa shape index (κ2) is 12.4. The molecule has 0 saturated carbocycles. The SMILES string of the molecule is CCCCC(CC)COC1c2ccsc2C(OCC(CC)CCCC)c2ccsc21. The molecule has 0 spiro atoms. The van der Waals surface area contributed by atoms with E-state index in [9.17, 15) is 0 Å². The van der Waals surface area contributed by atoms with Crippen LogP contribution in [-0.4, -0.2) is 13.2 Å². The number of fused-ring (bicyclic) bond motifs is 2. The van der Waals surface area contributed by atoms with E-state index >= 15 is 0 Å². The molecule has 4 atom stereocenters. The van der Waals surface area contributed by atoms with Gasteiger partial charge >= 0.3 is 0 Å². The van der Waals surface area contributed by atoms with Crippen molar-refractivity contribution >= 4 is 22.7 Å². The summed E-state index contributed by atoms with van der Waals surface area (Å²) in [6.07, 6.45) is 10.2. The number of thiophene rings is 2. The van der Waals surface area contributed by atoms with Crippen molar-refractivity contribution in [1.29, 1.82) is 0 Å². The highest BCUT2D eigenvalue weighted by Crippen LogP contribution is 2.49. The maximum Gasteiger partial charge on any atom is 0.118 e. The molecule has 30 heavy (non-hydrogen) atoms. The second-order valence-electron chi connectivity index (χ2n) is 8.74. The fourth-order valence-electron chi connectivity index (χ4n) is 4.40.